The van der Waals surface area contributed by atoms with Crippen molar-refractivity contribution in [3.8, 4) is 0 Å². The lowest BCUT2D eigenvalue weighted by Gasteiger charge is -2.20. The lowest BCUT2D eigenvalue weighted by Crippen LogP contribution is -2.31. The third kappa shape index (κ3) is 8.89. The Bertz CT molecular complexity index is 353. The van der Waals surface area contributed by atoms with Crippen LogP contribution in [0.3, 0.4) is 0 Å². The van der Waals surface area contributed by atoms with E-state index in [4.69, 9.17) is 0 Å². The SMILES string of the molecule is CC(C)N(C)CCCCNS(=O)(=O)CCCNC1CC1. The maximum absolute atomic E-state index is 11.7. The van der Waals surface area contributed by atoms with Gasteiger partial charge in [-0.3, -0.25) is 0 Å². The van der Waals surface area contributed by atoms with Crippen LogP contribution in [-0.2, 0) is 10.0 Å². The van der Waals surface area contributed by atoms with Gasteiger partial charge in [0.2, 0.25) is 10.0 Å². The zero-order valence-corrected chi connectivity index (χ0v) is 14.0. The largest absolute Gasteiger partial charge is 0.314 e. The first-order valence-electron chi connectivity index (χ1n) is 7.81. The van der Waals surface area contributed by atoms with Crippen molar-refractivity contribution in [1.29, 1.82) is 0 Å². The molecule has 0 aromatic heterocycles. The lowest BCUT2D eigenvalue weighted by molar-refractivity contribution is 0.268. The Balaban J connectivity index is 1.98. The van der Waals surface area contributed by atoms with Crippen LogP contribution in [-0.4, -0.2) is 57.8 Å². The quantitative estimate of drug-likeness (QED) is 0.531. The van der Waals surface area contributed by atoms with Crippen molar-refractivity contribution in [3.63, 3.8) is 0 Å². The molecule has 2 N–H and O–H groups in total. The molecule has 0 aliphatic heterocycles. The Kier molecular flexibility index (Phi) is 8.02. The summed E-state index contributed by atoms with van der Waals surface area (Å²) in [5, 5.41) is 3.33. The van der Waals surface area contributed by atoms with E-state index in [0.717, 1.165) is 25.9 Å². The summed E-state index contributed by atoms with van der Waals surface area (Å²) >= 11 is 0. The summed E-state index contributed by atoms with van der Waals surface area (Å²) in [5.74, 6) is 0.235. The fourth-order valence-electron chi connectivity index (χ4n) is 1.90. The molecule has 1 saturated carbocycles. The molecule has 0 heterocycles. The second-order valence-electron chi connectivity index (χ2n) is 6.08. The van der Waals surface area contributed by atoms with Gasteiger partial charge >= 0.3 is 0 Å². The first kappa shape index (κ1) is 17.9. The minimum absolute atomic E-state index is 0.235. The predicted octanol–water partition coefficient (Wildman–Crippen LogP) is 1.17. The molecule has 0 aromatic rings. The minimum atomic E-state index is -3.08. The maximum atomic E-state index is 11.7. The molecule has 6 heteroatoms. The molecular weight excluding hydrogens is 274 g/mol. The second-order valence-corrected chi connectivity index (χ2v) is 8.00. The van der Waals surface area contributed by atoms with E-state index < -0.39 is 10.0 Å². The van der Waals surface area contributed by atoms with Gasteiger partial charge in [-0.05, 0) is 66.1 Å². The Morgan fingerprint density at radius 2 is 1.85 bits per heavy atom. The molecule has 1 aliphatic carbocycles. The number of unbranched alkanes of at least 4 members (excludes halogenated alkanes) is 1. The lowest BCUT2D eigenvalue weighted by atomic mass is 10.2. The molecule has 0 atom stereocenters. The van der Waals surface area contributed by atoms with Gasteiger partial charge in [-0.1, -0.05) is 0 Å². The van der Waals surface area contributed by atoms with Gasteiger partial charge in [0.15, 0.2) is 0 Å². The van der Waals surface area contributed by atoms with Gasteiger partial charge in [-0.25, -0.2) is 13.1 Å². The predicted molar refractivity (Wildman–Crippen MR) is 84.4 cm³/mol. The molecule has 0 bridgehead atoms. The summed E-state index contributed by atoms with van der Waals surface area (Å²) < 4.78 is 26.2. The van der Waals surface area contributed by atoms with Crippen LogP contribution >= 0.6 is 0 Å². The van der Waals surface area contributed by atoms with Gasteiger partial charge in [0.05, 0.1) is 5.75 Å². The Morgan fingerprint density at radius 1 is 1.15 bits per heavy atom. The molecular formula is C14H31N3O2S. The molecule has 20 heavy (non-hydrogen) atoms. The van der Waals surface area contributed by atoms with Crippen molar-refractivity contribution in [2.45, 2.75) is 58.0 Å². The van der Waals surface area contributed by atoms with Crippen LogP contribution in [0.15, 0.2) is 0 Å². The molecule has 1 aliphatic rings. The molecule has 0 unspecified atom stereocenters. The molecule has 0 radical (unpaired) electrons. The van der Waals surface area contributed by atoms with Crippen molar-refractivity contribution >= 4 is 10.0 Å². The van der Waals surface area contributed by atoms with Crippen molar-refractivity contribution in [2.75, 3.05) is 32.4 Å². The summed E-state index contributed by atoms with van der Waals surface area (Å²) in [6.07, 6.45) is 5.12. The number of rotatable bonds is 12. The number of nitrogens with zero attached hydrogens (tertiary/aromatic N) is 1. The first-order chi connectivity index (χ1) is 9.41. The van der Waals surface area contributed by atoms with E-state index in [1.54, 1.807) is 0 Å². The highest BCUT2D eigenvalue weighted by Crippen LogP contribution is 2.18. The summed E-state index contributed by atoms with van der Waals surface area (Å²) in [5.41, 5.74) is 0. The normalized spacial score (nSPS) is 16.2. The average molecular weight is 305 g/mol. The average Bonchev–Trinajstić information content (AvgIpc) is 3.18. The fraction of sp³-hybridized carbons (Fsp3) is 1.00. The Morgan fingerprint density at radius 3 is 2.45 bits per heavy atom. The molecule has 5 nitrogen and oxygen atoms in total. The monoisotopic (exact) mass is 305 g/mol. The number of sulfonamides is 1. The van der Waals surface area contributed by atoms with Crippen LogP contribution in [0.25, 0.3) is 0 Å². The van der Waals surface area contributed by atoms with E-state index in [1.165, 1.54) is 12.8 Å². The van der Waals surface area contributed by atoms with Crippen LogP contribution in [0.1, 0.15) is 46.0 Å². The Labute approximate surface area is 124 Å². The van der Waals surface area contributed by atoms with Crippen LogP contribution in [0.5, 0.6) is 0 Å². The van der Waals surface area contributed by atoms with E-state index in [1.807, 2.05) is 0 Å². The summed E-state index contributed by atoms with van der Waals surface area (Å²) in [6, 6.07) is 1.20. The number of nitrogens with one attached hydrogen (secondary N) is 2. The highest BCUT2D eigenvalue weighted by molar-refractivity contribution is 7.89. The fourth-order valence-corrected chi connectivity index (χ4v) is 3.02. The van der Waals surface area contributed by atoms with Crippen LogP contribution in [0.4, 0.5) is 0 Å². The highest BCUT2D eigenvalue weighted by Gasteiger charge is 2.20. The van der Waals surface area contributed by atoms with E-state index in [2.05, 4.69) is 35.8 Å². The molecule has 1 fully saturated rings. The third-order valence-electron chi connectivity index (χ3n) is 3.74. The van der Waals surface area contributed by atoms with E-state index >= 15 is 0 Å². The molecule has 0 saturated heterocycles. The van der Waals surface area contributed by atoms with Crippen molar-refractivity contribution in [1.82, 2.24) is 14.9 Å². The molecule has 0 spiro atoms. The van der Waals surface area contributed by atoms with Gasteiger partial charge < -0.3 is 10.2 Å². The summed E-state index contributed by atoms with van der Waals surface area (Å²) in [6.45, 7) is 6.72. The van der Waals surface area contributed by atoms with Crippen molar-refractivity contribution in [3.05, 3.63) is 0 Å². The third-order valence-corrected chi connectivity index (χ3v) is 5.21. The van der Waals surface area contributed by atoms with Crippen molar-refractivity contribution in [2.24, 2.45) is 0 Å². The topological polar surface area (TPSA) is 61.4 Å². The maximum Gasteiger partial charge on any atom is 0.211 e. The van der Waals surface area contributed by atoms with Gasteiger partial charge in [-0.15, -0.1) is 0 Å². The summed E-state index contributed by atoms with van der Waals surface area (Å²) in [7, 11) is -0.981. The van der Waals surface area contributed by atoms with Gasteiger partial charge in [0.1, 0.15) is 0 Å². The van der Waals surface area contributed by atoms with E-state index in [-0.39, 0.29) is 5.75 Å². The smallest absolute Gasteiger partial charge is 0.211 e. The van der Waals surface area contributed by atoms with E-state index in [0.29, 0.717) is 25.0 Å². The zero-order chi connectivity index (χ0) is 15.0. The number of hydrogen-bond donors (Lipinski definition) is 2. The zero-order valence-electron chi connectivity index (χ0n) is 13.2. The standard InChI is InChI=1S/C14H31N3O2S/c1-13(2)17(3)11-5-4-10-16-20(18,19)12-6-9-15-14-7-8-14/h13-16H,4-12H2,1-3H3. The van der Waals surface area contributed by atoms with Gasteiger partial charge in [0, 0.05) is 18.6 Å². The minimum Gasteiger partial charge on any atom is -0.314 e. The van der Waals surface area contributed by atoms with Crippen LogP contribution < -0.4 is 10.0 Å². The molecule has 0 amide bonds. The first-order valence-corrected chi connectivity index (χ1v) is 9.47. The molecule has 120 valence electrons. The summed E-state index contributed by atoms with van der Waals surface area (Å²) in [4.78, 5) is 2.28. The van der Waals surface area contributed by atoms with Crippen LogP contribution in [0.2, 0.25) is 0 Å². The molecule has 0 aromatic carbocycles. The number of hydrogen-bond acceptors (Lipinski definition) is 4. The van der Waals surface area contributed by atoms with Crippen LogP contribution in [0, 0.1) is 0 Å². The highest BCUT2D eigenvalue weighted by atomic mass is 32.2. The van der Waals surface area contributed by atoms with Gasteiger partial charge in [0.25, 0.3) is 0 Å². The van der Waals surface area contributed by atoms with E-state index in [9.17, 15) is 8.42 Å². The second kappa shape index (κ2) is 8.97. The molecule has 1 rings (SSSR count). The van der Waals surface area contributed by atoms with Crippen molar-refractivity contribution < 1.29 is 8.42 Å². The van der Waals surface area contributed by atoms with Gasteiger partial charge in [-0.2, -0.15) is 0 Å². The Hall–Kier alpha value is -0.170.